The van der Waals surface area contributed by atoms with Crippen molar-refractivity contribution in [2.75, 3.05) is 5.73 Å². The molecule has 1 saturated heterocycles. The number of nitrogens with zero attached hydrogens (tertiary/aromatic N) is 4. The summed E-state index contributed by atoms with van der Waals surface area (Å²) in [6.45, 7) is 3.22. The number of fused-ring (bicyclic) bond motifs is 1. The average molecular weight is 265 g/mol. The van der Waals surface area contributed by atoms with Crippen molar-refractivity contribution >= 4 is 11.5 Å². The van der Waals surface area contributed by atoms with E-state index in [2.05, 4.69) is 15.1 Å². The number of aliphatic hydroxyl groups is 2. The van der Waals surface area contributed by atoms with E-state index in [1.807, 2.05) is 0 Å². The Morgan fingerprint density at radius 1 is 1.47 bits per heavy atom. The van der Waals surface area contributed by atoms with Crippen LogP contribution in [0.3, 0.4) is 0 Å². The maximum atomic E-state index is 10.4. The molecular weight excluding hydrogens is 250 g/mol. The molecule has 0 amide bonds. The molecule has 0 spiro atoms. The highest BCUT2D eigenvalue weighted by Crippen LogP contribution is 2.41. The van der Waals surface area contributed by atoms with Crippen molar-refractivity contribution in [3.63, 3.8) is 0 Å². The molecule has 2 aromatic heterocycles. The molecule has 0 bridgehead atoms. The van der Waals surface area contributed by atoms with E-state index >= 15 is 0 Å². The Hall–Kier alpha value is -1.77. The molecule has 102 valence electrons. The predicted octanol–water partition coefficient (Wildman–Crippen LogP) is -0.722. The molecule has 4 atom stereocenters. The van der Waals surface area contributed by atoms with Gasteiger partial charge in [-0.15, -0.1) is 0 Å². The second-order valence-corrected chi connectivity index (χ2v) is 4.96. The van der Waals surface area contributed by atoms with Gasteiger partial charge < -0.3 is 20.7 Å². The molecule has 3 rings (SSSR count). The van der Waals surface area contributed by atoms with Crippen LogP contribution in [0.25, 0.3) is 5.65 Å². The van der Waals surface area contributed by atoms with Crippen molar-refractivity contribution in [3.8, 4) is 0 Å². The lowest BCUT2D eigenvalue weighted by atomic mass is 9.92. The number of rotatable bonds is 1. The number of ether oxygens (including phenoxy) is 1. The molecule has 0 aromatic carbocycles. The molecule has 1 aliphatic heterocycles. The first-order chi connectivity index (χ1) is 8.93. The summed E-state index contributed by atoms with van der Waals surface area (Å²) in [5.41, 5.74) is 5.20. The molecule has 1 unspecified atom stereocenters. The molecule has 8 nitrogen and oxygen atoms in total. The third-order valence-electron chi connectivity index (χ3n) is 3.55. The quantitative estimate of drug-likeness (QED) is 0.622. The fourth-order valence-corrected chi connectivity index (χ4v) is 2.46. The highest BCUT2D eigenvalue weighted by atomic mass is 16.5. The Bertz CT molecular complexity index is 626. The summed E-state index contributed by atoms with van der Waals surface area (Å²) in [6.07, 6.45) is 0.621. The number of hydrogen-bond acceptors (Lipinski definition) is 7. The monoisotopic (exact) mass is 265 g/mol. The molecule has 0 aliphatic carbocycles. The first kappa shape index (κ1) is 12.3. The molecule has 2 aromatic rings. The topological polar surface area (TPSA) is 119 Å². The second-order valence-electron chi connectivity index (χ2n) is 4.96. The van der Waals surface area contributed by atoms with Crippen molar-refractivity contribution in [1.29, 1.82) is 0 Å². The van der Waals surface area contributed by atoms with Crippen LogP contribution in [0.1, 0.15) is 25.6 Å². The molecule has 8 heteroatoms. The number of hydrogen-bond donors (Lipinski definition) is 3. The van der Waals surface area contributed by atoms with Gasteiger partial charge in [0.15, 0.2) is 11.5 Å². The van der Waals surface area contributed by atoms with E-state index in [1.165, 1.54) is 24.0 Å². The van der Waals surface area contributed by atoms with Gasteiger partial charge in [0.25, 0.3) is 0 Å². The van der Waals surface area contributed by atoms with E-state index in [0.29, 0.717) is 11.3 Å². The molecule has 0 radical (unpaired) electrons. The summed E-state index contributed by atoms with van der Waals surface area (Å²) in [4.78, 5) is 7.96. The van der Waals surface area contributed by atoms with Gasteiger partial charge in [0.05, 0.1) is 18.0 Å². The Morgan fingerprint density at radius 2 is 2.21 bits per heavy atom. The molecule has 1 aliphatic rings. The Balaban J connectivity index is 2.13. The standard InChI is InChI=1S/C11H15N5O3/c1-5-7(17)11(2,18)8(19-5)6-3-13-10-9(12)14-4-15-16(6)10/h3-5,7-8,17-18H,1-2H3,(H2,12,14,15)/t5?,7-,8+,11-/m1/s1. The average Bonchev–Trinajstić information content (AvgIpc) is 2.86. The lowest BCUT2D eigenvalue weighted by Crippen LogP contribution is -2.41. The van der Waals surface area contributed by atoms with Crippen molar-refractivity contribution < 1.29 is 14.9 Å². The van der Waals surface area contributed by atoms with Gasteiger partial charge in [0, 0.05) is 0 Å². The van der Waals surface area contributed by atoms with Crippen molar-refractivity contribution in [1.82, 2.24) is 19.6 Å². The Morgan fingerprint density at radius 3 is 2.84 bits per heavy atom. The van der Waals surface area contributed by atoms with E-state index in [1.54, 1.807) is 6.92 Å². The van der Waals surface area contributed by atoms with Gasteiger partial charge in [0.2, 0.25) is 0 Å². The third kappa shape index (κ3) is 1.61. The molecular formula is C11H15N5O3. The zero-order chi connectivity index (χ0) is 13.8. The minimum absolute atomic E-state index is 0.243. The minimum atomic E-state index is -1.42. The fourth-order valence-electron chi connectivity index (χ4n) is 2.46. The number of aromatic nitrogens is 4. The van der Waals surface area contributed by atoms with Crippen LogP contribution in [0.2, 0.25) is 0 Å². The first-order valence-electron chi connectivity index (χ1n) is 5.93. The molecule has 3 heterocycles. The normalized spacial score (nSPS) is 35.1. The van der Waals surface area contributed by atoms with Gasteiger partial charge in [-0.2, -0.15) is 5.10 Å². The summed E-state index contributed by atoms with van der Waals surface area (Å²) in [5, 5.41) is 24.4. The highest BCUT2D eigenvalue weighted by Gasteiger charge is 2.52. The minimum Gasteiger partial charge on any atom is -0.387 e. The van der Waals surface area contributed by atoms with Crippen LogP contribution in [-0.2, 0) is 4.74 Å². The van der Waals surface area contributed by atoms with E-state index in [9.17, 15) is 10.2 Å². The van der Waals surface area contributed by atoms with Crippen LogP contribution in [0.15, 0.2) is 12.5 Å². The van der Waals surface area contributed by atoms with E-state index in [-0.39, 0.29) is 5.82 Å². The first-order valence-corrected chi connectivity index (χ1v) is 5.93. The zero-order valence-electron chi connectivity index (χ0n) is 10.6. The maximum absolute atomic E-state index is 10.4. The molecule has 1 fully saturated rings. The molecule has 0 saturated carbocycles. The molecule has 4 N–H and O–H groups in total. The van der Waals surface area contributed by atoms with E-state index in [4.69, 9.17) is 10.5 Å². The van der Waals surface area contributed by atoms with Crippen LogP contribution >= 0.6 is 0 Å². The largest absolute Gasteiger partial charge is 0.387 e. The number of nitrogens with two attached hydrogens (primary N) is 1. The Kier molecular flexibility index (Phi) is 2.49. The summed E-state index contributed by atoms with van der Waals surface area (Å²) in [7, 11) is 0. The third-order valence-corrected chi connectivity index (χ3v) is 3.55. The maximum Gasteiger partial charge on any atom is 0.196 e. The van der Waals surface area contributed by atoms with Crippen molar-refractivity contribution in [3.05, 3.63) is 18.2 Å². The second kappa shape index (κ2) is 3.86. The van der Waals surface area contributed by atoms with Gasteiger partial charge in [-0.25, -0.2) is 14.5 Å². The van der Waals surface area contributed by atoms with Crippen molar-refractivity contribution in [2.24, 2.45) is 0 Å². The smallest absolute Gasteiger partial charge is 0.196 e. The van der Waals surface area contributed by atoms with Gasteiger partial charge in [-0.05, 0) is 13.8 Å². The van der Waals surface area contributed by atoms with Gasteiger partial charge in [-0.3, -0.25) is 0 Å². The summed E-state index contributed by atoms with van der Waals surface area (Å²) in [6, 6.07) is 0. The summed E-state index contributed by atoms with van der Waals surface area (Å²) < 4.78 is 7.08. The van der Waals surface area contributed by atoms with Crippen LogP contribution in [0, 0.1) is 0 Å². The number of aliphatic hydroxyl groups excluding tert-OH is 1. The van der Waals surface area contributed by atoms with E-state index < -0.39 is 23.9 Å². The van der Waals surface area contributed by atoms with Crippen LogP contribution in [-0.4, -0.2) is 47.6 Å². The number of nitrogen functional groups attached to an aromatic ring is 1. The summed E-state index contributed by atoms with van der Waals surface area (Å²) >= 11 is 0. The highest BCUT2D eigenvalue weighted by molar-refractivity contribution is 5.58. The lowest BCUT2D eigenvalue weighted by Gasteiger charge is -2.25. The number of imidazole rings is 1. The number of anilines is 1. The Labute approximate surface area is 108 Å². The van der Waals surface area contributed by atoms with Gasteiger partial charge >= 0.3 is 0 Å². The fraction of sp³-hybridized carbons (Fsp3) is 0.545. The SMILES string of the molecule is CC1O[C@@H](c2cnc3c(N)ncnn23)[C@](C)(O)[C@@H]1O. The van der Waals surface area contributed by atoms with E-state index in [0.717, 1.165) is 0 Å². The van der Waals surface area contributed by atoms with Crippen LogP contribution < -0.4 is 5.73 Å². The van der Waals surface area contributed by atoms with Crippen LogP contribution in [0.4, 0.5) is 5.82 Å². The molecule has 19 heavy (non-hydrogen) atoms. The van der Waals surface area contributed by atoms with Gasteiger partial charge in [-0.1, -0.05) is 0 Å². The van der Waals surface area contributed by atoms with Crippen molar-refractivity contribution in [2.45, 2.75) is 37.8 Å². The predicted molar refractivity (Wildman–Crippen MR) is 65.1 cm³/mol. The van der Waals surface area contributed by atoms with Crippen LogP contribution in [0.5, 0.6) is 0 Å². The summed E-state index contributed by atoms with van der Waals surface area (Å²) in [5.74, 6) is 0.243. The zero-order valence-corrected chi connectivity index (χ0v) is 10.6. The van der Waals surface area contributed by atoms with Gasteiger partial charge in [0.1, 0.15) is 24.1 Å². The lowest BCUT2D eigenvalue weighted by molar-refractivity contribution is -0.0665.